The van der Waals surface area contributed by atoms with Crippen LogP contribution in [0.5, 0.6) is 10.8 Å². The van der Waals surface area contributed by atoms with E-state index in [9.17, 15) is 9.59 Å². The van der Waals surface area contributed by atoms with Crippen LogP contribution in [-0.4, -0.2) is 11.8 Å². The summed E-state index contributed by atoms with van der Waals surface area (Å²) >= 11 is 2.76. The Bertz CT molecular complexity index is 1050. The Morgan fingerprint density at radius 1 is 1.12 bits per heavy atom. The third-order valence-electron chi connectivity index (χ3n) is 3.56. The number of carbonyl (C=O) groups is 2. The minimum atomic E-state index is -0.897. The molecule has 3 aromatic rings. The molecule has 1 unspecified atom stereocenters. The van der Waals surface area contributed by atoms with Gasteiger partial charge in [0.15, 0.2) is 5.06 Å². The van der Waals surface area contributed by atoms with Crippen molar-refractivity contribution in [3.05, 3.63) is 63.8 Å². The van der Waals surface area contributed by atoms with Gasteiger partial charge >= 0.3 is 0 Å². The van der Waals surface area contributed by atoms with Gasteiger partial charge in [-0.1, -0.05) is 29.5 Å². The maximum atomic E-state index is 12.4. The molecule has 25 heavy (non-hydrogen) atoms. The average molecular weight is 368 g/mol. The van der Waals surface area contributed by atoms with Crippen LogP contribution in [0, 0.1) is 5.92 Å². The summed E-state index contributed by atoms with van der Waals surface area (Å²) in [7, 11) is 0. The number of thiophene rings is 2. The van der Waals surface area contributed by atoms with Crippen LogP contribution >= 0.6 is 22.7 Å². The summed E-state index contributed by atoms with van der Waals surface area (Å²) in [5, 5.41) is 6.53. The number of rotatable bonds is 4. The molecule has 4 rings (SSSR count). The lowest BCUT2D eigenvalue weighted by Crippen LogP contribution is -2.36. The molecule has 5 nitrogen and oxygen atoms in total. The number of hydrogen-bond donors (Lipinski definition) is 1. The van der Waals surface area contributed by atoms with E-state index in [2.05, 4.69) is 10.3 Å². The number of para-hydroxylation sites is 1. The Morgan fingerprint density at radius 2 is 1.96 bits per heavy atom. The fraction of sp³-hybridized carbons (Fsp3) is 0.0556. The molecule has 3 heterocycles. The summed E-state index contributed by atoms with van der Waals surface area (Å²) in [5.74, 6) is -1.00. The largest absolute Gasteiger partial charge is 0.447 e. The minimum Gasteiger partial charge on any atom is -0.447 e. The molecule has 7 heteroatoms. The lowest BCUT2D eigenvalue weighted by atomic mass is 10.1. The molecule has 0 bridgehead atoms. The highest BCUT2D eigenvalue weighted by molar-refractivity contribution is 7.18. The number of ether oxygens (including phenoxy) is 1. The van der Waals surface area contributed by atoms with Crippen molar-refractivity contribution in [2.75, 3.05) is 5.32 Å². The van der Waals surface area contributed by atoms with Crippen molar-refractivity contribution in [1.29, 1.82) is 0 Å². The van der Waals surface area contributed by atoms with E-state index in [-0.39, 0.29) is 5.91 Å². The van der Waals surface area contributed by atoms with Gasteiger partial charge in [0.2, 0.25) is 5.91 Å². The van der Waals surface area contributed by atoms with E-state index in [4.69, 9.17) is 4.74 Å². The zero-order valence-electron chi connectivity index (χ0n) is 12.8. The van der Waals surface area contributed by atoms with Gasteiger partial charge in [0, 0.05) is 0 Å². The van der Waals surface area contributed by atoms with Crippen LogP contribution in [-0.2, 0) is 9.59 Å². The van der Waals surface area contributed by atoms with Gasteiger partial charge in [-0.15, -0.1) is 11.3 Å². The second kappa shape index (κ2) is 6.62. The lowest BCUT2D eigenvalue weighted by molar-refractivity contribution is -0.128. The van der Waals surface area contributed by atoms with Gasteiger partial charge in [0.05, 0.1) is 14.9 Å². The van der Waals surface area contributed by atoms with E-state index in [1.807, 2.05) is 35.7 Å². The van der Waals surface area contributed by atoms with Crippen molar-refractivity contribution in [1.82, 2.24) is 0 Å². The highest BCUT2D eigenvalue weighted by atomic mass is 32.1. The Labute approximate surface area is 150 Å². The van der Waals surface area contributed by atoms with Crippen LogP contribution < -0.4 is 19.9 Å². The van der Waals surface area contributed by atoms with Gasteiger partial charge < -0.3 is 10.1 Å². The van der Waals surface area contributed by atoms with Gasteiger partial charge in [0.1, 0.15) is 11.7 Å². The second-order valence-electron chi connectivity index (χ2n) is 5.29. The van der Waals surface area contributed by atoms with Crippen molar-refractivity contribution in [2.45, 2.75) is 0 Å². The van der Waals surface area contributed by atoms with E-state index >= 15 is 0 Å². The lowest BCUT2D eigenvalue weighted by Gasteiger charge is -2.10. The van der Waals surface area contributed by atoms with Crippen LogP contribution in [0.1, 0.15) is 0 Å². The molecule has 2 amide bonds. The SMILES string of the molecule is O=C1N=c2ccsc2=CC1C(=O)Nc1ccc(Oc2ccccc2)s1. The quantitative estimate of drug-likeness (QED) is 0.720. The summed E-state index contributed by atoms with van der Waals surface area (Å²) in [4.78, 5) is 28.5. The summed E-state index contributed by atoms with van der Waals surface area (Å²) in [6.45, 7) is 0. The molecule has 1 aliphatic rings. The maximum absolute atomic E-state index is 12.4. The van der Waals surface area contributed by atoms with E-state index in [1.54, 1.807) is 24.3 Å². The predicted molar refractivity (Wildman–Crippen MR) is 97.5 cm³/mol. The third-order valence-corrected chi connectivity index (χ3v) is 5.31. The molecule has 124 valence electrons. The summed E-state index contributed by atoms with van der Waals surface area (Å²) in [6, 6.07) is 14.7. The molecule has 1 aliphatic heterocycles. The van der Waals surface area contributed by atoms with Gasteiger partial charge in [-0.2, -0.15) is 0 Å². The zero-order valence-corrected chi connectivity index (χ0v) is 14.5. The molecular formula is C18H12N2O3S2. The third kappa shape index (κ3) is 3.38. The molecule has 0 saturated carbocycles. The number of amides is 2. The molecule has 2 aromatic heterocycles. The van der Waals surface area contributed by atoms with Crippen LogP contribution in [0.2, 0.25) is 0 Å². The normalized spacial score (nSPS) is 15.7. The molecule has 1 N–H and O–H groups in total. The van der Waals surface area contributed by atoms with E-state index in [0.717, 1.165) is 10.3 Å². The molecule has 0 spiro atoms. The first-order valence-electron chi connectivity index (χ1n) is 7.50. The van der Waals surface area contributed by atoms with Crippen LogP contribution in [0.3, 0.4) is 0 Å². The van der Waals surface area contributed by atoms with Crippen molar-refractivity contribution in [2.24, 2.45) is 10.9 Å². The number of nitrogens with one attached hydrogen (secondary N) is 1. The zero-order chi connectivity index (χ0) is 17.2. The molecule has 0 radical (unpaired) electrons. The molecule has 0 fully saturated rings. The van der Waals surface area contributed by atoms with E-state index in [0.29, 0.717) is 15.4 Å². The summed E-state index contributed by atoms with van der Waals surface area (Å²) in [6.07, 6.45) is 1.67. The first kappa shape index (κ1) is 15.7. The number of fused-ring (bicyclic) bond motifs is 1. The first-order chi connectivity index (χ1) is 12.2. The Kier molecular flexibility index (Phi) is 4.17. The topological polar surface area (TPSA) is 67.8 Å². The van der Waals surface area contributed by atoms with Crippen molar-refractivity contribution in [3.63, 3.8) is 0 Å². The molecule has 0 saturated heterocycles. The van der Waals surface area contributed by atoms with Crippen molar-refractivity contribution < 1.29 is 14.3 Å². The number of carbonyl (C=O) groups excluding carboxylic acids is 2. The Hall–Kier alpha value is -2.77. The van der Waals surface area contributed by atoms with Crippen LogP contribution in [0.25, 0.3) is 6.08 Å². The number of nitrogens with zero attached hydrogens (tertiary/aromatic N) is 1. The van der Waals surface area contributed by atoms with Gasteiger partial charge in [-0.05, 0) is 41.8 Å². The Balaban J connectivity index is 1.48. The van der Waals surface area contributed by atoms with E-state index < -0.39 is 11.8 Å². The molecular weight excluding hydrogens is 356 g/mol. The van der Waals surface area contributed by atoms with E-state index in [1.165, 1.54) is 22.7 Å². The standard InChI is InChI=1S/C18H12N2O3S2/c21-17-12(10-14-13(19-17)8-9-24-14)18(22)20-15-6-7-16(25-15)23-11-4-2-1-3-5-11/h1-10,12H,(H,20,22). The highest BCUT2D eigenvalue weighted by Gasteiger charge is 2.27. The minimum absolute atomic E-state index is 0.388. The monoisotopic (exact) mass is 368 g/mol. The molecule has 1 atom stereocenters. The fourth-order valence-electron chi connectivity index (χ4n) is 2.38. The number of benzene rings is 1. The van der Waals surface area contributed by atoms with Gasteiger partial charge in [-0.25, -0.2) is 4.99 Å². The van der Waals surface area contributed by atoms with Gasteiger partial charge in [0.25, 0.3) is 5.91 Å². The average Bonchev–Trinajstić information content (AvgIpc) is 3.24. The van der Waals surface area contributed by atoms with Crippen molar-refractivity contribution in [3.8, 4) is 10.8 Å². The van der Waals surface area contributed by atoms with Crippen LogP contribution in [0.4, 0.5) is 5.00 Å². The maximum Gasteiger partial charge on any atom is 0.262 e. The predicted octanol–water partition coefficient (Wildman–Crippen LogP) is 2.80. The smallest absolute Gasteiger partial charge is 0.262 e. The fourth-order valence-corrected chi connectivity index (χ4v) is 3.95. The number of hydrogen-bond acceptors (Lipinski definition) is 5. The molecule has 0 aliphatic carbocycles. The first-order valence-corrected chi connectivity index (χ1v) is 9.20. The van der Waals surface area contributed by atoms with Crippen molar-refractivity contribution >= 4 is 45.6 Å². The second-order valence-corrected chi connectivity index (χ2v) is 7.28. The number of anilines is 1. The van der Waals surface area contributed by atoms with Gasteiger partial charge in [-0.3, -0.25) is 9.59 Å². The summed E-state index contributed by atoms with van der Waals surface area (Å²) in [5.41, 5.74) is 0. The Morgan fingerprint density at radius 3 is 2.80 bits per heavy atom. The summed E-state index contributed by atoms with van der Waals surface area (Å²) < 4.78 is 6.57. The molecule has 1 aromatic carbocycles. The highest BCUT2D eigenvalue weighted by Crippen LogP contribution is 2.32. The van der Waals surface area contributed by atoms with Crippen LogP contribution in [0.15, 0.2) is 58.9 Å².